The highest BCUT2D eigenvalue weighted by atomic mass is 19.2. The van der Waals surface area contributed by atoms with Crippen LogP contribution in [0.4, 0.5) is 14.5 Å². The molecule has 156 valence electrons. The second-order valence-electron chi connectivity index (χ2n) is 7.39. The highest BCUT2D eigenvalue weighted by Crippen LogP contribution is 2.18. The van der Waals surface area contributed by atoms with Crippen molar-refractivity contribution in [2.45, 2.75) is 13.0 Å². The third kappa shape index (κ3) is 4.04. The fraction of sp³-hybridized carbons (Fsp3) is 0.273. The minimum Gasteiger partial charge on any atom is -0.351 e. The maximum Gasteiger partial charge on any atom is 0.270 e. The first-order chi connectivity index (χ1) is 14.4. The van der Waals surface area contributed by atoms with E-state index in [-0.39, 0.29) is 17.5 Å². The number of aromatic nitrogens is 1. The standard InChI is InChI=1S/C22H22F2N4O2/c1-14(21(29)25-16-6-7-17(23)18(24)13-16)27-8-10-28(11-9-27)22(30)20-12-15-4-2-3-5-19(15)26-20/h2-7,12-14,26H,8-11H2,1H3,(H,25,29). The van der Waals surface area contributed by atoms with Gasteiger partial charge in [-0.1, -0.05) is 18.2 Å². The van der Waals surface area contributed by atoms with E-state index < -0.39 is 17.7 Å². The molecule has 2 aromatic carbocycles. The predicted molar refractivity (Wildman–Crippen MR) is 110 cm³/mol. The number of nitrogens with one attached hydrogen (secondary N) is 2. The van der Waals surface area contributed by atoms with Gasteiger partial charge in [0.1, 0.15) is 5.69 Å². The quantitative estimate of drug-likeness (QED) is 0.691. The van der Waals surface area contributed by atoms with Crippen molar-refractivity contribution in [2.75, 3.05) is 31.5 Å². The molecule has 0 bridgehead atoms. The number of hydrogen-bond donors (Lipinski definition) is 2. The lowest BCUT2D eigenvalue weighted by Gasteiger charge is -2.37. The lowest BCUT2D eigenvalue weighted by atomic mass is 10.2. The average Bonchev–Trinajstić information content (AvgIpc) is 3.19. The van der Waals surface area contributed by atoms with Gasteiger partial charge in [-0.25, -0.2) is 8.78 Å². The van der Waals surface area contributed by atoms with E-state index in [0.29, 0.717) is 31.9 Å². The molecule has 0 spiro atoms. The molecule has 1 saturated heterocycles. The summed E-state index contributed by atoms with van der Waals surface area (Å²) in [6.07, 6.45) is 0. The number of carbonyl (C=O) groups is 2. The van der Waals surface area contributed by atoms with Crippen molar-refractivity contribution in [3.8, 4) is 0 Å². The van der Waals surface area contributed by atoms with Gasteiger partial charge in [-0.2, -0.15) is 0 Å². The zero-order valence-electron chi connectivity index (χ0n) is 16.5. The van der Waals surface area contributed by atoms with Crippen LogP contribution >= 0.6 is 0 Å². The summed E-state index contributed by atoms with van der Waals surface area (Å²) in [5.74, 6) is -2.34. The number of carbonyl (C=O) groups excluding carboxylic acids is 2. The smallest absolute Gasteiger partial charge is 0.270 e. The van der Waals surface area contributed by atoms with Crippen LogP contribution in [0.2, 0.25) is 0 Å². The molecular weight excluding hydrogens is 390 g/mol. The molecule has 4 rings (SSSR count). The van der Waals surface area contributed by atoms with E-state index in [2.05, 4.69) is 10.3 Å². The van der Waals surface area contributed by atoms with E-state index in [9.17, 15) is 18.4 Å². The van der Waals surface area contributed by atoms with Crippen molar-refractivity contribution in [1.82, 2.24) is 14.8 Å². The van der Waals surface area contributed by atoms with Gasteiger partial charge in [0.2, 0.25) is 5.91 Å². The van der Waals surface area contributed by atoms with Crippen LogP contribution in [0.3, 0.4) is 0 Å². The number of hydrogen-bond acceptors (Lipinski definition) is 3. The Hall–Kier alpha value is -3.26. The number of halogens is 2. The van der Waals surface area contributed by atoms with Crippen molar-refractivity contribution in [3.63, 3.8) is 0 Å². The largest absolute Gasteiger partial charge is 0.351 e. The van der Waals surface area contributed by atoms with Gasteiger partial charge in [0.05, 0.1) is 6.04 Å². The highest BCUT2D eigenvalue weighted by Gasteiger charge is 2.28. The molecular formula is C22H22F2N4O2. The van der Waals surface area contributed by atoms with E-state index in [4.69, 9.17) is 0 Å². The Bertz CT molecular complexity index is 1060. The van der Waals surface area contributed by atoms with Gasteiger partial charge in [-0.3, -0.25) is 14.5 Å². The van der Waals surface area contributed by atoms with Gasteiger partial charge in [0, 0.05) is 48.8 Å². The molecule has 8 heteroatoms. The van der Waals surface area contributed by atoms with E-state index >= 15 is 0 Å². The molecule has 1 atom stereocenters. The Kier molecular flexibility index (Phi) is 5.50. The molecule has 30 heavy (non-hydrogen) atoms. The predicted octanol–water partition coefficient (Wildman–Crippen LogP) is 3.23. The summed E-state index contributed by atoms with van der Waals surface area (Å²) in [4.78, 5) is 32.2. The van der Waals surface area contributed by atoms with Crippen LogP contribution in [0, 0.1) is 11.6 Å². The lowest BCUT2D eigenvalue weighted by molar-refractivity contribution is -0.121. The van der Waals surface area contributed by atoms with E-state index in [1.165, 1.54) is 6.07 Å². The van der Waals surface area contributed by atoms with Crippen molar-refractivity contribution in [3.05, 3.63) is 65.9 Å². The molecule has 1 fully saturated rings. The van der Waals surface area contributed by atoms with Crippen LogP contribution < -0.4 is 5.32 Å². The van der Waals surface area contributed by atoms with Gasteiger partial charge in [0.25, 0.3) is 5.91 Å². The van der Waals surface area contributed by atoms with Crippen molar-refractivity contribution >= 4 is 28.4 Å². The van der Waals surface area contributed by atoms with Crippen LogP contribution in [-0.2, 0) is 4.79 Å². The number of benzene rings is 2. The number of nitrogens with zero attached hydrogens (tertiary/aromatic N) is 2. The number of piperazine rings is 1. The van der Waals surface area contributed by atoms with Crippen LogP contribution in [-0.4, -0.2) is 58.8 Å². The summed E-state index contributed by atoms with van der Waals surface area (Å²) < 4.78 is 26.4. The Balaban J connectivity index is 1.34. The lowest BCUT2D eigenvalue weighted by Crippen LogP contribution is -2.54. The Morgan fingerprint density at radius 2 is 1.73 bits per heavy atom. The fourth-order valence-corrected chi connectivity index (χ4v) is 3.66. The van der Waals surface area contributed by atoms with Gasteiger partial charge >= 0.3 is 0 Å². The molecule has 0 radical (unpaired) electrons. The topological polar surface area (TPSA) is 68.4 Å². The Morgan fingerprint density at radius 1 is 1.00 bits per heavy atom. The number of H-pyrrole nitrogens is 1. The van der Waals surface area contributed by atoms with Crippen molar-refractivity contribution < 1.29 is 18.4 Å². The second kappa shape index (κ2) is 8.23. The van der Waals surface area contributed by atoms with Gasteiger partial charge in [0.15, 0.2) is 11.6 Å². The van der Waals surface area contributed by atoms with Crippen LogP contribution in [0.25, 0.3) is 10.9 Å². The second-order valence-corrected chi connectivity index (χ2v) is 7.39. The third-order valence-electron chi connectivity index (χ3n) is 5.48. The maximum atomic E-state index is 13.3. The first-order valence-electron chi connectivity index (χ1n) is 9.79. The molecule has 2 N–H and O–H groups in total. The molecule has 6 nitrogen and oxygen atoms in total. The molecule has 2 heterocycles. The highest BCUT2D eigenvalue weighted by molar-refractivity contribution is 5.98. The molecule has 1 aromatic heterocycles. The van der Waals surface area contributed by atoms with Gasteiger partial charge < -0.3 is 15.2 Å². The molecule has 1 aliphatic rings. The van der Waals surface area contributed by atoms with Crippen LogP contribution in [0.5, 0.6) is 0 Å². The van der Waals surface area contributed by atoms with Gasteiger partial charge in [-0.15, -0.1) is 0 Å². The van der Waals surface area contributed by atoms with E-state index in [1.54, 1.807) is 11.8 Å². The molecule has 3 aromatic rings. The minimum absolute atomic E-state index is 0.0651. The summed E-state index contributed by atoms with van der Waals surface area (Å²) in [6, 6.07) is 12.4. The number of anilines is 1. The van der Waals surface area contributed by atoms with Crippen molar-refractivity contribution in [1.29, 1.82) is 0 Å². The first-order valence-corrected chi connectivity index (χ1v) is 9.79. The molecule has 1 aliphatic heterocycles. The SMILES string of the molecule is CC(C(=O)Nc1ccc(F)c(F)c1)N1CCN(C(=O)c2cc3ccccc3[nH]2)CC1. The minimum atomic E-state index is -1.01. The first kappa shape index (κ1) is 20.0. The summed E-state index contributed by atoms with van der Waals surface area (Å²) in [6.45, 7) is 3.83. The van der Waals surface area contributed by atoms with E-state index in [0.717, 1.165) is 23.0 Å². The summed E-state index contributed by atoms with van der Waals surface area (Å²) in [7, 11) is 0. The Labute approximate surface area is 172 Å². The fourth-order valence-electron chi connectivity index (χ4n) is 3.66. The summed E-state index contributed by atoms with van der Waals surface area (Å²) in [5.41, 5.74) is 1.68. The summed E-state index contributed by atoms with van der Waals surface area (Å²) >= 11 is 0. The molecule has 0 aliphatic carbocycles. The maximum absolute atomic E-state index is 13.3. The summed E-state index contributed by atoms with van der Waals surface area (Å²) in [5, 5.41) is 3.60. The monoisotopic (exact) mass is 412 g/mol. The van der Waals surface area contributed by atoms with Gasteiger partial charge in [-0.05, 0) is 31.2 Å². The number of amides is 2. The zero-order chi connectivity index (χ0) is 21.3. The third-order valence-corrected chi connectivity index (χ3v) is 5.48. The van der Waals surface area contributed by atoms with Crippen LogP contribution in [0.15, 0.2) is 48.5 Å². The molecule has 1 unspecified atom stereocenters. The van der Waals surface area contributed by atoms with Crippen molar-refractivity contribution in [2.24, 2.45) is 0 Å². The Morgan fingerprint density at radius 3 is 2.43 bits per heavy atom. The van der Waals surface area contributed by atoms with Crippen LogP contribution in [0.1, 0.15) is 17.4 Å². The number of para-hydroxylation sites is 1. The number of rotatable bonds is 4. The zero-order valence-corrected chi connectivity index (χ0v) is 16.5. The van der Waals surface area contributed by atoms with E-state index in [1.807, 2.05) is 35.2 Å². The number of aromatic amines is 1. The average molecular weight is 412 g/mol. The molecule has 0 saturated carbocycles. The molecule has 2 amide bonds. The number of fused-ring (bicyclic) bond motifs is 1. The normalized spacial score (nSPS) is 15.9.